The van der Waals surface area contributed by atoms with Crippen molar-refractivity contribution >= 4 is 81.0 Å². The van der Waals surface area contributed by atoms with Crippen molar-refractivity contribution in [3.05, 3.63) is 120 Å². The SMILES string of the molecule is CC1(C)C(/C=C/C=C/C=C/C=C2\C(C)(C)c3c(ccc4cc(S(=O)(=O)[O-])ccc34)[N+]23CC3S(=O)(=O)[O-])=[N+](CCS(=O)(=O)[O-])c2ccc3cc(SOO[O-])ccc3c21. The van der Waals surface area contributed by atoms with Gasteiger partial charge in [0, 0.05) is 34.2 Å². The molecule has 18 heteroatoms. The van der Waals surface area contributed by atoms with Gasteiger partial charge in [0.05, 0.1) is 33.5 Å². The predicted molar refractivity (Wildman–Crippen MR) is 210 cm³/mol. The lowest BCUT2D eigenvalue weighted by molar-refractivity contribution is -0.777. The summed E-state index contributed by atoms with van der Waals surface area (Å²) in [5, 5.41) is 15.4. The van der Waals surface area contributed by atoms with E-state index in [1.165, 1.54) is 12.1 Å². The van der Waals surface area contributed by atoms with E-state index < -0.39 is 52.3 Å². The Balaban J connectivity index is 1.20. The maximum absolute atomic E-state index is 12.4. The molecule has 57 heavy (non-hydrogen) atoms. The van der Waals surface area contributed by atoms with E-state index in [0.717, 1.165) is 45.3 Å². The largest absolute Gasteiger partial charge is 0.748 e. The number of hydrogen-bond acceptors (Lipinski definition) is 13. The Morgan fingerprint density at radius 2 is 1.46 bits per heavy atom. The van der Waals surface area contributed by atoms with Gasteiger partial charge in [-0.05, 0) is 91.7 Å². The molecular weight excluding hydrogens is 817 g/mol. The number of benzene rings is 4. The highest BCUT2D eigenvalue weighted by molar-refractivity contribution is 7.94. The standard InChI is InChI=1S/C39H38N2O12S4/c1-38(2)33(40(20-21-55(43,44)45)31-18-12-25-22-27(54-53-52-42)14-16-29(25)36(31)38)10-8-6-5-7-9-11-34-39(3,4)37-30-17-15-28(56(46,47)48)23-26(30)13-19-32(37)41(34)24-35(41)57(49,50)51/h5-19,22-23,35H,20-21,24H2,1-4H3,(H2-2,42,43,44,45,46,47,48,49,50,51)/p-2/b6-5+,9-7+,10-8+,34-11+. The van der Waals surface area contributed by atoms with Crippen LogP contribution in [0.5, 0.6) is 0 Å². The fourth-order valence-electron chi connectivity index (χ4n) is 8.66. The topological polar surface area (TPSA) is 216 Å². The van der Waals surface area contributed by atoms with Crippen molar-refractivity contribution in [2.24, 2.45) is 0 Å². The highest BCUT2D eigenvalue weighted by atomic mass is 32.2. The van der Waals surface area contributed by atoms with Crippen LogP contribution in [0.25, 0.3) is 21.5 Å². The Labute approximate surface area is 334 Å². The molecule has 0 amide bonds. The van der Waals surface area contributed by atoms with Gasteiger partial charge >= 0.3 is 0 Å². The van der Waals surface area contributed by atoms with Gasteiger partial charge in [-0.1, -0.05) is 42.5 Å². The van der Waals surface area contributed by atoms with Gasteiger partial charge in [-0.15, -0.1) is 0 Å². The van der Waals surface area contributed by atoms with Crippen molar-refractivity contribution in [1.29, 1.82) is 0 Å². The molecule has 0 radical (unpaired) electrons. The molecule has 1 spiro atoms. The molecule has 14 nitrogen and oxygen atoms in total. The molecule has 0 aromatic heterocycles. The fourth-order valence-corrected chi connectivity index (χ4v) is 11.1. The zero-order chi connectivity index (χ0) is 41.3. The van der Waals surface area contributed by atoms with Crippen LogP contribution in [0.1, 0.15) is 38.8 Å². The van der Waals surface area contributed by atoms with E-state index in [2.05, 4.69) is 9.37 Å². The van der Waals surface area contributed by atoms with E-state index in [1.807, 2.05) is 62.6 Å². The van der Waals surface area contributed by atoms with Crippen LogP contribution < -0.4 is 9.74 Å². The average molecular weight is 853 g/mol. The van der Waals surface area contributed by atoms with Crippen LogP contribution in [0.2, 0.25) is 0 Å². The van der Waals surface area contributed by atoms with Crippen LogP contribution in [-0.4, -0.2) is 73.4 Å². The minimum absolute atomic E-state index is 0.0419. The van der Waals surface area contributed by atoms with Gasteiger partial charge in [-0.25, -0.2) is 29.7 Å². The van der Waals surface area contributed by atoms with Crippen molar-refractivity contribution in [3.63, 3.8) is 0 Å². The Hall–Kier alpha value is -4.05. The Bertz CT molecular complexity index is 2860. The monoisotopic (exact) mass is 852 g/mol. The first kappa shape index (κ1) is 41.1. The van der Waals surface area contributed by atoms with Crippen LogP contribution in [0, 0.1) is 0 Å². The van der Waals surface area contributed by atoms with Gasteiger partial charge in [0.15, 0.2) is 28.9 Å². The summed E-state index contributed by atoms with van der Waals surface area (Å²) >= 11 is 0.766. The van der Waals surface area contributed by atoms with Gasteiger partial charge in [0.2, 0.25) is 11.1 Å². The summed E-state index contributed by atoms with van der Waals surface area (Å²) in [5.41, 5.74) is 3.00. The van der Waals surface area contributed by atoms with Gasteiger partial charge in [-0.2, -0.15) is 8.91 Å². The third kappa shape index (κ3) is 7.33. The van der Waals surface area contributed by atoms with E-state index in [9.17, 15) is 44.2 Å². The van der Waals surface area contributed by atoms with E-state index >= 15 is 0 Å². The van der Waals surface area contributed by atoms with Gasteiger partial charge in [-0.3, -0.25) is 5.04 Å². The third-order valence-corrected chi connectivity index (χ3v) is 14.3. The van der Waals surface area contributed by atoms with E-state index in [1.54, 1.807) is 60.7 Å². The first-order chi connectivity index (χ1) is 26.6. The molecule has 1 fully saturated rings. The van der Waals surface area contributed by atoms with Crippen molar-refractivity contribution in [2.75, 3.05) is 18.8 Å². The average Bonchev–Trinajstić information content (AvgIpc) is 3.80. The highest BCUT2D eigenvalue weighted by Gasteiger charge is 2.71. The van der Waals surface area contributed by atoms with Crippen LogP contribution >= 0.6 is 12.0 Å². The number of nitrogens with zero attached hydrogens (tertiary/aromatic N) is 2. The van der Waals surface area contributed by atoms with Crippen molar-refractivity contribution in [3.8, 4) is 0 Å². The van der Waals surface area contributed by atoms with Gasteiger partial charge in [0.1, 0.15) is 31.6 Å². The summed E-state index contributed by atoms with van der Waals surface area (Å²) in [6.07, 6.45) is 12.4. The summed E-state index contributed by atoms with van der Waals surface area (Å²) in [7, 11) is -13.9. The Kier molecular flexibility index (Phi) is 10.4. The van der Waals surface area contributed by atoms with Crippen LogP contribution in [0.4, 0.5) is 11.4 Å². The van der Waals surface area contributed by atoms with Crippen molar-refractivity contribution < 1.29 is 58.1 Å². The molecule has 0 saturated carbocycles. The summed E-state index contributed by atoms with van der Waals surface area (Å²) in [6, 6.07) is 16.6. The number of rotatable bonds is 12. The number of quaternary nitrogens is 1. The summed E-state index contributed by atoms with van der Waals surface area (Å²) in [5.74, 6) is -0.610. The lowest BCUT2D eigenvalue weighted by atomic mass is 9.79. The molecule has 2 unspecified atom stereocenters. The summed E-state index contributed by atoms with van der Waals surface area (Å²) in [6.45, 7) is 7.78. The molecule has 3 aliphatic rings. The van der Waals surface area contributed by atoms with E-state index in [0.29, 0.717) is 27.1 Å². The Morgan fingerprint density at radius 1 is 0.807 bits per heavy atom. The third-order valence-electron chi connectivity index (χ3n) is 11.0. The molecule has 300 valence electrons. The predicted octanol–water partition coefficient (Wildman–Crippen LogP) is 4.79. The molecule has 1 saturated heterocycles. The molecular formula is C39H36N2O12S4-2. The zero-order valence-electron chi connectivity index (χ0n) is 30.9. The number of allylic oxidation sites excluding steroid dienone is 8. The molecule has 4 aromatic carbocycles. The number of fused-ring (bicyclic) bond motifs is 7. The second-order valence-electron chi connectivity index (χ2n) is 15.1. The van der Waals surface area contributed by atoms with Gasteiger partial charge in [0.25, 0.3) is 0 Å². The summed E-state index contributed by atoms with van der Waals surface area (Å²) < 4.78 is 114. The minimum Gasteiger partial charge on any atom is -0.748 e. The van der Waals surface area contributed by atoms with Crippen LogP contribution in [0.3, 0.4) is 0 Å². The maximum Gasteiger partial charge on any atom is 0.238 e. The molecule has 4 aromatic rings. The normalized spacial score (nSPS) is 22.3. The second-order valence-corrected chi connectivity index (χ2v) is 20.3. The van der Waals surface area contributed by atoms with E-state index in [-0.39, 0.29) is 22.5 Å². The van der Waals surface area contributed by atoms with Gasteiger partial charge < -0.3 is 18.9 Å². The molecule has 0 N–H and O–H groups in total. The maximum atomic E-state index is 12.4. The Morgan fingerprint density at radius 3 is 2.12 bits per heavy atom. The quantitative estimate of drug-likeness (QED) is 0.0274. The van der Waals surface area contributed by atoms with Crippen molar-refractivity contribution in [2.45, 2.75) is 53.7 Å². The van der Waals surface area contributed by atoms with Crippen molar-refractivity contribution in [1.82, 2.24) is 4.48 Å². The minimum atomic E-state index is -4.71. The molecule has 0 bridgehead atoms. The molecule has 2 atom stereocenters. The second kappa shape index (κ2) is 14.3. The first-order valence-electron chi connectivity index (χ1n) is 17.5. The molecule has 3 heterocycles. The van der Waals surface area contributed by atoms with Crippen LogP contribution in [-0.2, 0) is 50.6 Å². The zero-order valence-corrected chi connectivity index (χ0v) is 34.2. The van der Waals surface area contributed by atoms with E-state index in [4.69, 9.17) is 0 Å². The molecule has 7 rings (SSSR count). The molecule has 0 aliphatic carbocycles. The smallest absolute Gasteiger partial charge is 0.238 e. The van der Waals surface area contributed by atoms with Crippen LogP contribution in [0.15, 0.2) is 119 Å². The number of hydrogen-bond donors (Lipinski definition) is 0. The lowest BCUT2D eigenvalue weighted by Gasteiger charge is -2.23. The fraction of sp³-hybridized carbons (Fsp3) is 0.256. The highest BCUT2D eigenvalue weighted by Crippen LogP contribution is 2.62. The molecule has 3 aliphatic heterocycles. The summed E-state index contributed by atoms with van der Waals surface area (Å²) in [4.78, 5) is 0.248. The first-order valence-corrected chi connectivity index (χ1v) is 22.7. The lowest BCUT2D eigenvalue weighted by Crippen LogP contribution is -2.33.